The lowest BCUT2D eigenvalue weighted by atomic mass is 9.79. The zero-order valence-corrected chi connectivity index (χ0v) is 11.0. The number of nitrogens with zero attached hydrogens (tertiary/aromatic N) is 3. The molecule has 1 heterocycles. The van der Waals surface area contributed by atoms with Crippen molar-refractivity contribution in [1.82, 2.24) is 15.0 Å². The van der Waals surface area contributed by atoms with Gasteiger partial charge in [-0.3, -0.25) is 0 Å². The first-order chi connectivity index (χ1) is 8.11. The van der Waals surface area contributed by atoms with Gasteiger partial charge in [-0.05, 0) is 37.5 Å². The molecule has 1 aliphatic rings. The van der Waals surface area contributed by atoms with Crippen LogP contribution in [0, 0.1) is 11.8 Å². The Labute approximate surface area is 103 Å². The highest BCUT2D eigenvalue weighted by atomic mass is 16.3. The van der Waals surface area contributed by atoms with Gasteiger partial charge in [0.25, 0.3) is 0 Å². The molecule has 4 heteroatoms. The third-order valence-electron chi connectivity index (χ3n) is 4.20. The molecular weight excluding hydrogens is 214 g/mol. The third kappa shape index (κ3) is 2.68. The normalized spacial score (nSPS) is 31.4. The van der Waals surface area contributed by atoms with Crippen molar-refractivity contribution in [3.8, 4) is 0 Å². The summed E-state index contributed by atoms with van der Waals surface area (Å²) in [7, 11) is 0. The van der Waals surface area contributed by atoms with E-state index in [4.69, 9.17) is 0 Å². The molecule has 17 heavy (non-hydrogen) atoms. The van der Waals surface area contributed by atoms with Crippen LogP contribution in [-0.4, -0.2) is 20.1 Å². The Morgan fingerprint density at radius 1 is 1.41 bits per heavy atom. The van der Waals surface area contributed by atoms with E-state index in [0.29, 0.717) is 18.2 Å². The molecule has 1 fully saturated rings. The minimum Gasteiger partial charge on any atom is -0.387 e. The maximum absolute atomic E-state index is 9.72. The fourth-order valence-corrected chi connectivity index (χ4v) is 2.59. The number of aliphatic hydroxyl groups is 1. The fraction of sp³-hybridized carbons (Fsp3) is 0.846. The van der Waals surface area contributed by atoms with Gasteiger partial charge in [-0.1, -0.05) is 26.0 Å². The van der Waals surface area contributed by atoms with Gasteiger partial charge in [-0.15, -0.1) is 5.10 Å². The topological polar surface area (TPSA) is 50.9 Å². The van der Waals surface area contributed by atoms with Crippen LogP contribution in [-0.2, 0) is 0 Å². The number of rotatable bonds is 3. The van der Waals surface area contributed by atoms with E-state index in [-0.39, 0.29) is 0 Å². The van der Waals surface area contributed by atoms with Crippen LogP contribution in [0.15, 0.2) is 6.20 Å². The minimum absolute atomic E-state index is 0.464. The number of hydrogen-bond acceptors (Lipinski definition) is 3. The molecule has 0 saturated heterocycles. The van der Waals surface area contributed by atoms with Gasteiger partial charge in [0.05, 0.1) is 18.3 Å². The lowest BCUT2D eigenvalue weighted by Gasteiger charge is -2.31. The molecule has 4 nitrogen and oxygen atoms in total. The van der Waals surface area contributed by atoms with Crippen LogP contribution in [0.5, 0.6) is 0 Å². The van der Waals surface area contributed by atoms with E-state index < -0.39 is 6.10 Å². The predicted molar refractivity (Wildman–Crippen MR) is 66.5 cm³/mol. The molecule has 1 N–H and O–H groups in total. The molecule has 1 saturated carbocycles. The fourth-order valence-electron chi connectivity index (χ4n) is 2.59. The molecule has 0 amide bonds. The highest BCUT2D eigenvalue weighted by Gasteiger charge is 2.26. The van der Waals surface area contributed by atoms with E-state index in [1.165, 1.54) is 19.3 Å². The number of hydrogen-bond donors (Lipinski definition) is 1. The van der Waals surface area contributed by atoms with Crippen LogP contribution in [0.1, 0.15) is 64.3 Å². The zero-order chi connectivity index (χ0) is 12.4. The van der Waals surface area contributed by atoms with Gasteiger partial charge in [-0.2, -0.15) is 0 Å². The van der Waals surface area contributed by atoms with Gasteiger partial charge in [0.2, 0.25) is 0 Å². The number of aromatic nitrogens is 3. The van der Waals surface area contributed by atoms with Crippen LogP contribution < -0.4 is 0 Å². The van der Waals surface area contributed by atoms with Crippen molar-refractivity contribution in [2.24, 2.45) is 11.8 Å². The summed E-state index contributed by atoms with van der Waals surface area (Å²) in [4.78, 5) is 0. The highest BCUT2D eigenvalue weighted by molar-refractivity contribution is 4.98. The molecule has 1 aromatic rings. The van der Waals surface area contributed by atoms with Gasteiger partial charge in [0.15, 0.2) is 0 Å². The first-order valence-electron chi connectivity index (χ1n) is 6.71. The Hall–Kier alpha value is -0.900. The maximum Gasteiger partial charge on any atom is 0.111 e. The summed E-state index contributed by atoms with van der Waals surface area (Å²) in [5, 5.41) is 18.0. The molecule has 0 bridgehead atoms. The van der Waals surface area contributed by atoms with Crippen LogP contribution >= 0.6 is 0 Å². The van der Waals surface area contributed by atoms with Gasteiger partial charge < -0.3 is 5.11 Å². The van der Waals surface area contributed by atoms with Crippen molar-refractivity contribution in [3.63, 3.8) is 0 Å². The molecule has 0 aliphatic heterocycles. The highest BCUT2D eigenvalue weighted by Crippen LogP contribution is 2.35. The van der Waals surface area contributed by atoms with Crippen molar-refractivity contribution >= 4 is 0 Å². The molecule has 1 aliphatic carbocycles. The quantitative estimate of drug-likeness (QED) is 0.879. The standard InChI is InChI=1S/C13H23N3O/c1-4-13(17)12-8-16(15-14-12)11-6-5-9(2)10(3)7-11/h8-11,13,17H,4-7H2,1-3H3. The van der Waals surface area contributed by atoms with E-state index in [0.717, 1.165) is 11.8 Å². The van der Waals surface area contributed by atoms with Gasteiger partial charge in [0.1, 0.15) is 5.69 Å². The molecule has 0 aromatic carbocycles. The van der Waals surface area contributed by atoms with Gasteiger partial charge in [0, 0.05) is 0 Å². The van der Waals surface area contributed by atoms with Crippen molar-refractivity contribution in [3.05, 3.63) is 11.9 Å². The summed E-state index contributed by atoms with van der Waals surface area (Å²) >= 11 is 0. The smallest absolute Gasteiger partial charge is 0.111 e. The minimum atomic E-state index is -0.469. The SMILES string of the molecule is CCC(O)c1cn(C2CCC(C)C(C)C2)nn1. The summed E-state index contributed by atoms with van der Waals surface area (Å²) in [6.07, 6.45) is 5.75. The molecular formula is C13H23N3O. The van der Waals surface area contributed by atoms with Gasteiger partial charge in [-0.25, -0.2) is 4.68 Å². The van der Waals surface area contributed by atoms with Crippen LogP contribution in [0.25, 0.3) is 0 Å². The molecule has 4 unspecified atom stereocenters. The Morgan fingerprint density at radius 3 is 2.82 bits per heavy atom. The summed E-state index contributed by atoms with van der Waals surface area (Å²) in [5.41, 5.74) is 0.707. The lowest BCUT2D eigenvalue weighted by Crippen LogP contribution is -2.23. The third-order valence-corrected chi connectivity index (χ3v) is 4.20. The predicted octanol–water partition coefficient (Wildman–Crippen LogP) is 2.72. The van der Waals surface area contributed by atoms with Crippen molar-refractivity contribution in [1.29, 1.82) is 0 Å². The van der Waals surface area contributed by atoms with Crippen molar-refractivity contribution in [2.75, 3.05) is 0 Å². The van der Waals surface area contributed by atoms with E-state index in [2.05, 4.69) is 24.2 Å². The first kappa shape index (κ1) is 12.6. The summed E-state index contributed by atoms with van der Waals surface area (Å²) < 4.78 is 1.95. The largest absolute Gasteiger partial charge is 0.387 e. The number of aliphatic hydroxyl groups excluding tert-OH is 1. The van der Waals surface area contributed by atoms with E-state index in [1.807, 2.05) is 17.8 Å². The second kappa shape index (κ2) is 5.17. The summed E-state index contributed by atoms with van der Waals surface area (Å²) in [5.74, 6) is 1.56. The average Bonchev–Trinajstić information content (AvgIpc) is 2.81. The van der Waals surface area contributed by atoms with Crippen molar-refractivity contribution < 1.29 is 5.11 Å². The van der Waals surface area contributed by atoms with E-state index in [9.17, 15) is 5.11 Å². The second-order valence-electron chi connectivity index (χ2n) is 5.47. The Balaban J connectivity index is 2.05. The summed E-state index contributed by atoms with van der Waals surface area (Å²) in [6, 6.07) is 0.464. The van der Waals surface area contributed by atoms with Crippen LogP contribution in [0.4, 0.5) is 0 Å². The van der Waals surface area contributed by atoms with Gasteiger partial charge >= 0.3 is 0 Å². The Morgan fingerprint density at radius 2 is 2.18 bits per heavy atom. The first-order valence-corrected chi connectivity index (χ1v) is 6.71. The second-order valence-corrected chi connectivity index (χ2v) is 5.47. The molecule has 96 valence electrons. The van der Waals surface area contributed by atoms with E-state index in [1.54, 1.807) is 0 Å². The van der Waals surface area contributed by atoms with E-state index >= 15 is 0 Å². The maximum atomic E-state index is 9.72. The molecule has 0 radical (unpaired) electrons. The van der Waals surface area contributed by atoms with Crippen LogP contribution in [0.3, 0.4) is 0 Å². The zero-order valence-electron chi connectivity index (χ0n) is 11.0. The lowest BCUT2D eigenvalue weighted by molar-refractivity contribution is 0.168. The molecule has 1 aromatic heterocycles. The Bertz CT molecular complexity index is 363. The van der Waals surface area contributed by atoms with Crippen LogP contribution in [0.2, 0.25) is 0 Å². The molecule has 0 spiro atoms. The Kier molecular flexibility index (Phi) is 3.82. The summed E-state index contributed by atoms with van der Waals surface area (Å²) in [6.45, 7) is 6.60. The molecule has 2 rings (SSSR count). The molecule has 4 atom stereocenters. The monoisotopic (exact) mass is 237 g/mol. The van der Waals surface area contributed by atoms with Crippen molar-refractivity contribution in [2.45, 2.75) is 58.6 Å². The average molecular weight is 237 g/mol.